The van der Waals surface area contributed by atoms with Crippen LogP contribution in [0.25, 0.3) is 0 Å². The van der Waals surface area contributed by atoms with E-state index in [1.807, 2.05) is 29.6 Å². The summed E-state index contributed by atoms with van der Waals surface area (Å²) < 4.78 is 0. The van der Waals surface area contributed by atoms with Crippen molar-refractivity contribution in [1.82, 2.24) is 5.32 Å². The fourth-order valence-electron chi connectivity index (χ4n) is 2.26. The van der Waals surface area contributed by atoms with Crippen LogP contribution in [0.1, 0.15) is 31.4 Å². The Morgan fingerprint density at radius 1 is 1.56 bits per heavy atom. The van der Waals surface area contributed by atoms with Gasteiger partial charge in [0.1, 0.15) is 0 Å². The van der Waals surface area contributed by atoms with Crippen LogP contribution in [-0.4, -0.2) is 23.8 Å². The van der Waals surface area contributed by atoms with Crippen LogP contribution < -0.4 is 5.32 Å². The molecule has 1 aromatic carbocycles. The summed E-state index contributed by atoms with van der Waals surface area (Å²) in [5.41, 5.74) is 1.38. The molecule has 18 heavy (non-hydrogen) atoms. The lowest BCUT2D eigenvalue weighted by Crippen LogP contribution is -2.32. The first-order chi connectivity index (χ1) is 8.70. The summed E-state index contributed by atoms with van der Waals surface area (Å²) in [4.78, 5) is 1.39. The van der Waals surface area contributed by atoms with E-state index < -0.39 is 0 Å². The first-order valence-electron chi connectivity index (χ1n) is 6.38. The van der Waals surface area contributed by atoms with Gasteiger partial charge in [0, 0.05) is 22.0 Å². The summed E-state index contributed by atoms with van der Waals surface area (Å²) in [6.07, 6.45) is 4.58. The average molecular weight is 302 g/mol. The second kappa shape index (κ2) is 7.09. The summed E-state index contributed by atoms with van der Waals surface area (Å²) in [6, 6.07) is 7.31. The zero-order chi connectivity index (χ0) is 13.0. The number of rotatable bonds is 5. The number of thioether (sulfide) groups is 2. The Balaban J connectivity index is 2.05. The second-order valence-electron chi connectivity index (χ2n) is 4.72. The van der Waals surface area contributed by atoms with Gasteiger partial charge in [-0.2, -0.15) is 11.8 Å². The molecular weight excluding hydrogens is 282 g/mol. The molecule has 0 aromatic heterocycles. The molecule has 100 valence electrons. The van der Waals surface area contributed by atoms with Crippen molar-refractivity contribution < 1.29 is 0 Å². The minimum Gasteiger partial charge on any atom is -0.307 e. The van der Waals surface area contributed by atoms with Gasteiger partial charge in [-0.25, -0.2) is 0 Å². The van der Waals surface area contributed by atoms with Gasteiger partial charge in [-0.15, -0.1) is 11.8 Å². The molecule has 1 nitrogen and oxygen atoms in total. The van der Waals surface area contributed by atoms with Gasteiger partial charge in [0.05, 0.1) is 0 Å². The van der Waals surface area contributed by atoms with Gasteiger partial charge >= 0.3 is 0 Å². The van der Waals surface area contributed by atoms with Crippen LogP contribution in [0.3, 0.4) is 0 Å². The Bertz CT molecular complexity index is 397. The molecule has 1 heterocycles. The maximum absolute atomic E-state index is 6.12. The molecular formula is C14H20ClNS2. The van der Waals surface area contributed by atoms with Crippen LogP contribution >= 0.6 is 35.1 Å². The number of benzene rings is 1. The summed E-state index contributed by atoms with van der Waals surface area (Å²) in [5, 5.41) is 4.60. The number of hydrogen-bond acceptors (Lipinski definition) is 3. The first kappa shape index (κ1) is 14.6. The predicted molar refractivity (Wildman–Crippen MR) is 85.1 cm³/mol. The maximum Gasteiger partial charge on any atom is 0.0410 e. The highest BCUT2D eigenvalue weighted by molar-refractivity contribution is 7.99. The Labute approximate surface area is 123 Å². The van der Waals surface area contributed by atoms with E-state index in [2.05, 4.69) is 30.6 Å². The quantitative estimate of drug-likeness (QED) is 0.853. The second-order valence-corrected chi connectivity index (χ2v) is 7.28. The van der Waals surface area contributed by atoms with E-state index in [0.29, 0.717) is 12.1 Å². The van der Waals surface area contributed by atoms with Crippen molar-refractivity contribution >= 4 is 35.1 Å². The lowest BCUT2D eigenvalue weighted by atomic mass is 10.0. The highest BCUT2D eigenvalue weighted by Gasteiger charge is 2.22. The van der Waals surface area contributed by atoms with Crippen LogP contribution in [0, 0.1) is 0 Å². The number of hydrogen-bond donors (Lipinski definition) is 1. The van der Waals surface area contributed by atoms with Crippen LogP contribution in [-0.2, 0) is 0 Å². The van der Waals surface area contributed by atoms with E-state index in [9.17, 15) is 0 Å². The van der Waals surface area contributed by atoms with Crippen molar-refractivity contribution in [2.75, 3.05) is 17.8 Å². The van der Waals surface area contributed by atoms with Gasteiger partial charge in [-0.1, -0.05) is 11.6 Å². The maximum atomic E-state index is 6.12. The molecule has 0 bridgehead atoms. The minimum atomic E-state index is 0.469. The summed E-state index contributed by atoms with van der Waals surface area (Å²) >= 11 is 9.98. The number of fused-ring (bicyclic) bond motifs is 1. The number of halogens is 1. The summed E-state index contributed by atoms with van der Waals surface area (Å²) in [7, 11) is 0. The molecule has 0 radical (unpaired) electrons. The standard InChI is InChI=1S/C14H20ClNS2/c1-10(5-7-17-2)16-13-6-8-18-14-4-3-11(15)9-12(13)14/h3-4,9-10,13,16H,5-8H2,1-2H3. The smallest absolute Gasteiger partial charge is 0.0410 e. The van der Waals surface area contributed by atoms with Crippen molar-refractivity contribution in [3.05, 3.63) is 28.8 Å². The molecule has 1 aromatic rings. The third-order valence-corrected chi connectivity index (χ3v) is 5.25. The van der Waals surface area contributed by atoms with Crippen molar-refractivity contribution in [2.24, 2.45) is 0 Å². The first-order valence-corrected chi connectivity index (χ1v) is 9.13. The highest BCUT2D eigenvalue weighted by atomic mass is 35.5. The number of nitrogens with one attached hydrogen (secondary N) is 1. The molecule has 0 aliphatic carbocycles. The molecule has 1 N–H and O–H groups in total. The lowest BCUT2D eigenvalue weighted by Gasteiger charge is -2.29. The average Bonchev–Trinajstić information content (AvgIpc) is 2.37. The van der Waals surface area contributed by atoms with Crippen molar-refractivity contribution in [2.45, 2.75) is 36.7 Å². The molecule has 0 spiro atoms. The van der Waals surface area contributed by atoms with Crippen LogP contribution in [0.5, 0.6) is 0 Å². The van der Waals surface area contributed by atoms with Crippen molar-refractivity contribution in [3.8, 4) is 0 Å². The third-order valence-electron chi connectivity index (χ3n) is 3.25. The third kappa shape index (κ3) is 3.83. The summed E-state index contributed by atoms with van der Waals surface area (Å²) in [5.74, 6) is 2.42. The molecule has 0 saturated heterocycles. The van der Waals surface area contributed by atoms with Gasteiger partial charge in [0.25, 0.3) is 0 Å². The van der Waals surface area contributed by atoms with Crippen LogP contribution in [0.2, 0.25) is 5.02 Å². The molecule has 0 saturated carbocycles. The summed E-state index contributed by atoms with van der Waals surface area (Å²) in [6.45, 7) is 2.28. The molecule has 0 fully saturated rings. The van der Waals surface area contributed by atoms with Crippen molar-refractivity contribution in [3.63, 3.8) is 0 Å². The lowest BCUT2D eigenvalue weighted by molar-refractivity contribution is 0.434. The van der Waals surface area contributed by atoms with Gasteiger partial charge in [0.2, 0.25) is 0 Å². The van der Waals surface area contributed by atoms with E-state index in [0.717, 1.165) is 5.02 Å². The van der Waals surface area contributed by atoms with Gasteiger partial charge < -0.3 is 5.32 Å². The zero-order valence-electron chi connectivity index (χ0n) is 10.9. The molecule has 2 rings (SSSR count). The molecule has 0 amide bonds. The monoisotopic (exact) mass is 301 g/mol. The Kier molecular flexibility index (Phi) is 5.74. The van der Waals surface area contributed by atoms with E-state index in [1.165, 1.54) is 34.8 Å². The van der Waals surface area contributed by atoms with E-state index in [4.69, 9.17) is 11.6 Å². The Hall–Kier alpha value is 0.170. The zero-order valence-corrected chi connectivity index (χ0v) is 13.3. The Morgan fingerprint density at radius 3 is 3.17 bits per heavy atom. The van der Waals surface area contributed by atoms with Crippen LogP contribution in [0.15, 0.2) is 23.1 Å². The van der Waals surface area contributed by atoms with E-state index in [1.54, 1.807) is 0 Å². The Morgan fingerprint density at radius 2 is 2.39 bits per heavy atom. The molecule has 1 aliphatic rings. The normalized spacial score (nSPS) is 20.5. The van der Waals surface area contributed by atoms with Crippen molar-refractivity contribution in [1.29, 1.82) is 0 Å². The molecule has 1 aliphatic heterocycles. The van der Waals surface area contributed by atoms with E-state index in [-0.39, 0.29) is 0 Å². The topological polar surface area (TPSA) is 12.0 Å². The fourth-order valence-corrected chi connectivity index (χ4v) is 4.14. The van der Waals surface area contributed by atoms with Gasteiger partial charge in [-0.3, -0.25) is 0 Å². The van der Waals surface area contributed by atoms with Crippen LogP contribution in [0.4, 0.5) is 0 Å². The largest absolute Gasteiger partial charge is 0.307 e. The molecule has 2 unspecified atom stereocenters. The van der Waals surface area contributed by atoms with E-state index >= 15 is 0 Å². The molecule has 4 heteroatoms. The fraction of sp³-hybridized carbons (Fsp3) is 0.571. The highest BCUT2D eigenvalue weighted by Crippen LogP contribution is 2.37. The molecule has 2 atom stereocenters. The van der Waals surface area contributed by atoms with Gasteiger partial charge in [-0.05, 0) is 61.3 Å². The minimum absolute atomic E-state index is 0.469. The van der Waals surface area contributed by atoms with Gasteiger partial charge in [0.15, 0.2) is 0 Å². The SMILES string of the molecule is CSCCC(C)NC1CCSc2ccc(Cl)cc21. The predicted octanol–water partition coefficient (Wildman–Crippen LogP) is 4.61.